The van der Waals surface area contributed by atoms with Crippen molar-refractivity contribution in [3.05, 3.63) is 161 Å². The molecule has 0 saturated heterocycles. The lowest BCUT2D eigenvalue weighted by Gasteiger charge is -2.09. The van der Waals surface area contributed by atoms with E-state index in [1.54, 1.807) is 16.9 Å². The zero-order valence-electron chi connectivity index (χ0n) is 35.5. The number of carbonyl (C=O) groups is 2. The van der Waals surface area contributed by atoms with Gasteiger partial charge in [0.2, 0.25) is 11.8 Å². The Morgan fingerprint density at radius 3 is 1.71 bits per heavy atom. The van der Waals surface area contributed by atoms with Gasteiger partial charge in [-0.15, -0.1) is 10.2 Å². The largest absolute Gasteiger partial charge is 0.477 e. The molecule has 0 radical (unpaired) electrons. The quantitative estimate of drug-likeness (QED) is 0.0598. The SMILES string of the molecule is CN(C)CCCOc1cc(C(=O)Nc2cnc3ccccc3c2)n(Cc2ccccc2)n1.CN(C)CCCOc1cc(C(=O)O)n(Cc2ccccc2)n1.Nc1ccc(Br)cc1. The number of para-hydroxylation sites is 1. The Kier molecular flexibility index (Phi) is 18.0. The van der Waals surface area contributed by atoms with E-state index >= 15 is 0 Å². The number of aromatic nitrogens is 5. The number of carbonyl (C=O) groups excluding carboxylic acids is 1. The van der Waals surface area contributed by atoms with Crippen LogP contribution >= 0.6 is 15.9 Å². The van der Waals surface area contributed by atoms with E-state index in [0.29, 0.717) is 49.4 Å². The number of nitrogens with two attached hydrogens (primary N) is 1. The summed E-state index contributed by atoms with van der Waals surface area (Å²) in [7, 11) is 8.05. The van der Waals surface area contributed by atoms with Gasteiger partial charge in [-0.05, 0) is 88.6 Å². The number of carboxylic acids is 1. The summed E-state index contributed by atoms with van der Waals surface area (Å²) in [6.45, 7) is 3.77. The molecule has 7 rings (SSSR count). The Bertz CT molecular complexity index is 2420. The van der Waals surface area contributed by atoms with Crippen LogP contribution in [0.15, 0.2) is 138 Å². The van der Waals surface area contributed by atoms with E-state index < -0.39 is 5.97 Å². The van der Waals surface area contributed by atoms with Crippen LogP contribution in [0.2, 0.25) is 0 Å². The van der Waals surface area contributed by atoms with Crippen LogP contribution < -0.4 is 20.5 Å². The molecule has 15 heteroatoms. The molecule has 0 unspecified atom stereocenters. The minimum absolute atomic E-state index is 0.131. The number of nitrogens with zero attached hydrogens (tertiary/aromatic N) is 7. The smallest absolute Gasteiger partial charge is 0.354 e. The van der Waals surface area contributed by atoms with E-state index in [0.717, 1.165) is 58.1 Å². The van der Waals surface area contributed by atoms with Gasteiger partial charge in [0, 0.05) is 40.8 Å². The highest BCUT2D eigenvalue weighted by Crippen LogP contribution is 2.20. The average molecular weight is 905 g/mol. The normalized spacial score (nSPS) is 10.8. The summed E-state index contributed by atoms with van der Waals surface area (Å²) in [4.78, 5) is 33.0. The van der Waals surface area contributed by atoms with Crippen LogP contribution in [0.3, 0.4) is 0 Å². The molecule has 0 fully saturated rings. The number of nitrogen functional groups attached to an aromatic ring is 1. The number of hydrogen-bond acceptors (Lipinski definition) is 10. The minimum Gasteiger partial charge on any atom is -0.477 e. The summed E-state index contributed by atoms with van der Waals surface area (Å²) in [5.41, 5.74) is 10.3. The van der Waals surface area contributed by atoms with Crippen molar-refractivity contribution in [2.45, 2.75) is 25.9 Å². The van der Waals surface area contributed by atoms with Gasteiger partial charge in [0.1, 0.15) is 5.69 Å². The van der Waals surface area contributed by atoms with E-state index in [9.17, 15) is 14.7 Å². The Labute approximate surface area is 371 Å². The van der Waals surface area contributed by atoms with Crippen LogP contribution in [0.1, 0.15) is 44.9 Å². The third kappa shape index (κ3) is 15.5. The molecule has 7 aromatic rings. The molecule has 1 amide bonds. The standard InChI is InChI=1S/C25H27N5O2.C16H21N3O3.C6H6BrN/c1-29(2)13-8-14-32-24-16-23(30(28-24)18-19-9-4-3-5-10-19)25(31)27-21-15-20-11-6-7-12-22(20)26-17-21;1-18(2)9-6-10-22-15-11-14(16(20)21)19(17-15)12-13-7-4-3-5-8-13;7-5-1-3-6(8)4-2-5/h3-7,9-12,15-17H,8,13-14,18H2,1-2H3,(H,27,31);3-5,7-8,11H,6,9-10,12H2,1-2H3,(H,20,21);1-4H,8H2. The highest BCUT2D eigenvalue weighted by molar-refractivity contribution is 9.10. The Balaban J connectivity index is 0.000000208. The fourth-order valence-corrected chi connectivity index (χ4v) is 6.21. The van der Waals surface area contributed by atoms with Crippen LogP contribution in [0, 0.1) is 0 Å². The van der Waals surface area contributed by atoms with Gasteiger partial charge in [-0.3, -0.25) is 14.5 Å². The lowest BCUT2D eigenvalue weighted by molar-refractivity contribution is 0.0683. The average Bonchev–Trinajstić information content (AvgIpc) is 3.87. The first-order chi connectivity index (χ1) is 29.9. The number of carboxylic acid groups (broad SMARTS) is 1. The number of fused-ring (bicyclic) bond motifs is 1. The molecule has 0 aliphatic rings. The number of amides is 1. The number of pyridine rings is 1. The van der Waals surface area contributed by atoms with Crippen LogP contribution in [0.25, 0.3) is 10.9 Å². The van der Waals surface area contributed by atoms with Crippen molar-refractivity contribution >= 4 is 50.1 Å². The van der Waals surface area contributed by atoms with E-state index in [-0.39, 0.29) is 11.6 Å². The molecule has 3 heterocycles. The van der Waals surface area contributed by atoms with Crippen molar-refractivity contribution in [3.8, 4) is 11.8 Å². The number of aromatic carboxylic acids is 1. The van der Waals surface area contributed by atoms with Crippen molar-refractivity contribution in [1.82, 2.24) is 34.3 Å². The van der Waals surface area contributed by atoms with E-state index in [1.807, 2.05) is 143 Å². The summed E-state index contributed by atoms with van der Waals surface area (Å²) in [5.74, 6) is -0.464. The van der Waals surface area contributed by atoms with Crippen molar-refractivity contribution in [2.75, 3.05) is 65.5 Å². The second-order valence-corrected chi connectivity index (χ2v) is 15.7. The summed E-state index contributed by atoms with van der Waals surface area (Å²) < 4.78 is 15.6. The molecular weight excluding hydrogens is 850 g/mol. The number of hydrogen-bond donors (Lipinski definition) is 3. The summed E-state index contributed by atoms with van der Waals surface area (Å²) in [5, 5.41) is 22.0. The van der Waals surface area contributed by atoms with Crippen LogP contribution in [0.4, 0.5) is 11.4 Å². The topological polar surface area (TPSA) is 166 Å². The maximum Gasteiger partial charge on any atom is 0.354 e. The predicted molar refractivity (Wildman–Crippen MR) is 248 cm³/mol. The van der Waals surface area contributed by atoms with Gasteiger partial charge >= 0.3 is 5.97 Å². The van der Waals surface area contributed by atoms with Crippen LogP contribution in [-0.4, -0.2) is 106 Å². The minimum atomic E-state index is -1.01. The molecule has 4 N–H and O–H groups in total. The van der Waals surface area contributed by atoms with Gasteiger partial charge in [-0.25, -0.2) is 9.48 Å². The number of ether oxygens (including phenoxy) is 2. The highest BCUT2D eigenvalue weighted by atomic mass is 79.9. The van der Waals surface area contributed by atoms with Gasteiger partial charge in [0.15, 0.2) is 5.69 Å². The van der Waals surface area contributed by atoms with Crippen molar-refractivity contribution in [2.24, 2.45) is 0 Å². The van der Waals surface area contributed by atoms with Gasteiger partial charge in [-0.1, -0.05) is 94.8 Å². The molecule has 0 saturated carbocycles. The van der Waals surface area contributed by atoms with E-state index in [1.165, 1.54) is 10.7 Å². The first-order valence-electron chi connectivity index (χ1n) is 20.1. The van der Waals surface area contributed by atoms with Crippen molar-refractivity contribution in [1.29, 1.82) is 0 Å². The second kappa shape index (κ2) is 24.0. The summed E-state index contributed by atoms with van der Waals surface area (Å²) >= 11 is 3.29. The molecule has 0 aliphatic carbocycles. The maximum atomic E-state index is 13.1. The number of rotatable bonds is 17. The van der Waals surface area contributed by atoms with Gasteiger partial charge < -0.3 is 35.4 Å². The molecule has 4 aromatic carbocycles. The predicted octanol–water partition coefficient (Wildman–Crippen LogP) is 8.05. The number of halogens is 1. The van der Waals surface area contributed by atoms with Crippen molar-refractivity contribution in [3.63, 3.8) is 0 Å². The third-order valence-corrected chi connectivity index (χ3v) is 9.56. The molecule has 3 aromatic heterocycles. The number of benzene rings is 4. The molecule has 324 valence electrons. The Morgan fingerprint density at radius 1 is 0.694 bits per heavy atom. The van der Waals surface area contributed by atoms with Crippen LogP contribution in [0.5, 0.6) is 11.8 Å². The summed E-state index contributed by atoms with van der Waals surface area (Å²) in [6, 6.07) is 40.0. The molecular formula is C47H54BrN9O5. The van der Waals surface area contributed by atoms with Gasteiger partial charge in [0.05, 0.1) is 43.7 Å². The highest BCUT2D eigenvalue weighted by Gasteiger charge is 2.18. The Hall–Kier alpha value is -6.55. The molecule has 0 atom stereocenters. The van der Waals surface area contributed by atoms with Crippen molar-refractivity contribution < 1.29 is 24.2 Å². The zero-order valence-corrected chi connectivity index (χ0v) is 37.1. The zero-order chi connectivity index (χ0) is 44.3. The molecule has 14 nitrogen and oxygen atoms in total. The van der Waals surface area contributed by atoms with Gasteiger partial charge in [0.25, 0.3) is 5.91 Å². The fraction of sp³-hybridized carbons (Fsp3) is 0.255. The first kappa shape index (κ1) is 46.5. The van der Waals surface area contributed by atoms with E-state index in [4.69, 9.17) is 15.2 Å². The molecule has 0 spiro atoms. The third-order valence-electron chi connectivity index (χ3n) is 9.03. The fourth-order valence-electron chi connectivity index (χ4n) is 5.95. The van der Waals surface area contributed by atoms with Crippen LogP contribution in [-0.2, 0) is 13.1 Å². The second-order valence-electron chi connectivity index (χ2n) is 14.8. The summed E-state index contributed by atoms with van der Waals surface area (Å²) in [6.07, 6.45) is 3.40. The molecule has 0 aliphatic heterocycles. The maximum absolute atomic E-state index is 13.1. The van der Waals surface area contributed by atoms with Gasteiger partial charge in [-0.2, -0.15) is 0 Å². The monoisotopic (exact) mass is 903 g/mol. The first-order valence-corrected chi connectivity index (χ1v) is 20.9. The lowest BCUT2D eigenvalue weighted by atomic mass is 10.2. The Morgan fingerprint density at radius 2 is 1.19 bits per heavy atom. The number of nitrogens with one attached hydrogen (secondary N) is 1. The molecule has 0 bridgehead atoms. The number of anilines is 2. The molecule has 62 heavy (non-hydrogen) atoms. The van der Waals surface area contributed by atoms with E-state index in [2.05, 4.69) is 46.2 Å². The lowest BCUT2D eigenvalue weighted by Crippen LogP contribution is -2.18.